The number of pyridine rings is 1. The van der Waals surface area contributed by atoms with Crippen LogP contribution < -0.4 is 9.47 Å². The van der Waals surface area contributed by atoms with Gasteiger partial charge in [-0.25, -0.2) is 4.79 Å². The lowest BCUT2D eigenvalue weighted by Crippen LogP contribution is -2.03. The molecule has 0 saturated carbocycles. The Labute approximate surface area is 139 Å². The zero-order chi connectivity index (χ0) is 17.1. The highest BCUT2D eigenvalue weighted by atomic mass is 16.5. The maximum atomic E-state index is 11.3. The van der Waals surface area contributed by atoms with Crippen LogP contribution in [0, 0.1) is 6.92 Å². The van der Waals surface area contributed by atoms with Crippen molar-refractivity contribution in [1.82, 2.24) is 4.98 Å². The Hall–Kier alpha value is -3.08. The molecule has 2 aromatic carbocycles. The van der Waals surface area contributed by atoms with Gasteiger partial charge in [-0.2, -0.15) is 0 Å². The maximum Gasteiger partial charge on any atom is 0.337 e. The van der Waals surface area contributed by atoms with Gasteiger partial charge in [0.1, 0.15) is 6.61 Å². The van der Waals surface area contributed by atoms with Crippen molar-refractivity contribution >= 4 is 16.9 Å². The molecule has 1 heterocycles. The Kier molecular flexibility index (Phi) is 4.33. The molecule has 0 atom stereocenters. The predicted octanol–water partition coefficient (Wildman–Crippen LogP) is 3.83. The van der Waals surface area contributed by atoms with Crippen molar-refractivity contribution in [2.45, 2.75) is 13.5 Å². The molecule has 0 aliphatic heterocycles. The van der Waals surface area contributed by atoms with Gasteiger partial charge in [0.15, 0.2) is 11.5 Å². The molecule has 0 aliphatic rings. The first-order chi connectivity index (χ1) is 11.6. The van der Waals surface area contributed by atoms with Crippen molar-refractivity contribution in [2.24, 2.45) is 0 Å². The molecule has 122 valence electrons. The largest absolute Gasteiger partial charge is 0.493 e. The number of rotatable bonds is 5. The van der Waals surface area contributed by atoms with Crippen LogP contribution in [0.5, 0.6) is 11.5 Å². The first kappa shape index (κ1) is 15.8. The molecule has 0 fully saturated rings. The molecular formula is C19H17NO4. The fraction of sp³-hybridized carbons (Fsp3) is 0.158. The van der Waals surface area contributed by atoms with Crippen LogP contribution in [0.25, 0.3) is 10.9 Å². The zero-order valence-electron chi connectivity index (χ0n) is 13.4. The summed E-state index contributed by atoms with van der Waals surface area (Å²) in [7, 11) is 1.56. The summed E-state index contributed by atoms with van der Waals surface area (Å²) in [4.78, 5) is 15.6. The summed E-state index contributed by atoms with van der Waals surface area (Å²) in [5, 5.41) is 9.95. The summed E-state index contributed by atoms with van der Waals surface area (Å²) in [6, 6.07) is 14.9. The zero-order valence-corrected chi connectivity index (χ0v) is 13.4. The Balaban J connectivity index is 1.99. The lowest BCUT2D eigenvalue weighted by molar-refractivity contribution is 0.0696. The summed E-state index contributed by atoms with van der Waals surface area (Å²) in [6.45, 7) is 2.07. The number of carboxylic acid groups (broad SMARTS) is 1. The van der Waals surface area contributed by atoms with Crippen LogP contribution in [-0.4, -0.2) is 23.2 Å². The fourth-order valence-electron chi connectivity index (χ4n) is 2.50. The van der Waals surface area contributed by atoms with E-state index in [9.17, 15) is 9.90 Å². The summed E-state index contributed by atoms with van der Waals surface area (Å²) in [6.07, 6.45) is 0. The molecule has 5 heteroatoms. The van der Waals surface area contributed by atoms with Gasteiger partial charge in [-0.1, -0.05) is 30.3 Å². The molecule has 0 radical (unpaired) electrons. The monoisotopic (exact) mass is 323 g/mol. The number of aromatic nitrogens is 1. The topological polar surface area (TPSA) is 68.7 Å². The SMILES string of the molecule is COc1cc2nc(C)c(C(=O)O)cc2cc1OCc1ccccc1. The quantitative estimate of drug-likeness (QED) is 0.773. The number of methoxy groups -OCH3 is 1. The third-order valence-electron chi connectivity index (χ3n) is 3.76. The third-order valence-corrected chi connectivity index (χ3v) is 3.76. The van der Waals surface area contributed by atoms with E-state index >= 15 is 0 Å². The number of carbonyl (C=O) groups is 1. The van der Waals surface area contributed by atoms with Gasteiger partial charge in [0.25, 0.3) is 0 Å². The van der Waals surface area contributed by atoms with Gasteiger partial charge in [-0.05, 0) is 24.6 Å². The molecule has 3 aromatic rings. The normalized spacial score (nSPS) is 10.6. The van der Waals surface area contributed by atoms with E-state index in [1.54, 1.807) is 32.2 Å². The van der Waals surface area contributed by atoms with Crippen LogP contribution in [0.1, 0.15) is 21.6 Å². The van der Waals surface area contributed by atoms with Crippen molar-refractivity contribution < 1.29 is 19.4 Å². The molecule has 5 nitrogen and oxygen atoms in total. The molecular weight excluding hydrogens is 306 g/mol. The Morgan fingerprint density at radius 1 is 1.12 bits per heavy atom. The van der Waals surface area contributed by atoms with Crippen molar-refractivity contribution in [1.29, 1.82) is 0 Å². The van der Waals surface area contributed by atoms with Crippen LogP contribution >= 0.6 is 0 Å². The summed E-state index contributed by atoms with van der Waals surface area (Å²) < 4.78 is 11.2. The molecule has 3 rings (SSSR count). The van der Waals surface area contributed by atoms with E-state index in [0.717, 1.165) is 5.56 Å². The molecule has 0 amide bonds. The number of fused-ring (bicyclic) bond motifs is 1. The Bertz CT molecular complexity index is 891. The minimum atomic E-state index is -0.996. The number of carboxylic acids is 1. The van der Waals surface area contributed by atoms with E-state index < -0.39 is 5.97 Å². The lowest BCUT2D eigenvalue weighted by atomic mass is 10.1. The number of ether oxygens (including phenoxy) is 2. The van der Waals surface area contributed by atoms with Gasteiger partial charge in [0.2, 0.25) is 0 Å². The van der Waals surface area contributed by atoms with E-state index in [0.29, 0.717) is 34.7 Å². The summed E-state index contributed by atoms with van der Waals surface area (Å²) in [5.41, 5.74) is 2.35. The fourth-order valence-corrected chi connectivity index (χ4v) is 2.50. The van der Waals surface area contributed by atoms with Crippen LogP contribution in [0.3, 0.4) is 0 Å². The number of aromatic carboxylic acids is 1. The molecule has 0 bridgehead atoms. The number of hydrogen-bond acceptors (Lipinski definition) is 4. The van der Waals surface area contributed by atoms with Crippen LogP contribution in [0.15, 0.2) is 48.5 Å². The van der Waals surface area contributed by atoms with Crippen molar-refractivity contribution in [3.8, 4) is 11.5 Å². The molecule has 24 heavy (non-hydrogen) atoms. The second kappa shape index (κ2) is 6.58. The molecule has 1 N–H and O–H groups in total. The first-order valence-corrected chi connectivity index (χ1v) is 7.48. The van der Waals surface area contributed by atoms with E-state index in [4.69, 9.17) is 9.47 Å². The van der Waals surface area contributed by atoms with Gasteiger partial charge in [0.05, 0.1) is 23.9 Å². The number of nitrogens with zero attached hydrogens (tertiary/aromatic N) is 1. The summed E-state index contributed by atoms with van der Waals surface area (Å²) in [5.74, 6) is 0.119. The van der Waals surface area contributed by atoms with Crippen molar-refractivity contribution in [2.75, 3.05) is 7.11 Å². The molecule has 0 unspecified atom stereocenters. The van der Waals surface area contributed by atoms with E-state index in [1.807, 2.05) is 30.3 Å². The molecule has 0 saturated heterocycles. The lowest BCUT2D eigenvalue weighted by Gasteiger charge is -2.13. The van der Waals surface area contributed by atoms with Gasteiger partial charge in [-0.15, -0.1) is 0 Å². The highest BCUT2D eigenvalue weighted by Gasteiger charge is 2.13. The second-order valence-corrected chi connectivity index (χ2v) is 5.40. The van der Waals surface area contributed by atoms with Crippen LogP contribution in [0.4, 0.5) is 0 Å². The highest BCUT2D eigenvalue weighted by Crippen LogP contribution is 2.33. The third kappa shape index (κ3) is 3.15. The maximum absolute atomic E-state index is 11.3. The Morgan fingerprint density at radius 3 is 2.54 bits per heavy atom. The molecule has 0 spiro atoms. The highest BCUT2D eigenvalue weighted by molar-refractivity contribution is 5.94. The minimum absolute atomic E-state index is 0.182. The number of benzene rings is 2. The average molecular weight is 323 g/mol. The van der Waals surface area contributed by atoms with E-state index in [2.05, 4.69) is 4.98 Å². The van der Waals surface area contributed by atoms with Crippen molar-refractivity contribution in [3.05, 3.63) is 65.4 Å². The van der Waals surface area contributed by atoms with Crippen LogP contribution in [0.2, 0.25) is 0 Å². The van der Waals surface area contributed by atoms with Gasteiger partial charge >= 0.3 is 5.97 Å². The number of aryl methyl sites for hydroxylation is 1. The summed E-state index contributed by atoms with van der Waals surface area (Å²) >= 11 is 0. The molecule has 0 aliphatic carbocycles. The number of hydrogen-bond donors (Lipinski definition) is 1. The van der Waals surface area contributed by atoms with Crippen LogP contribution in [-0.2, 0) is 6.61 Å². The standard InChI is InChI=1S/C19H17NO4/c1-12-15(19(21)22)8-14-9-18(17(23-2)10-16(14)20-12)24-11-13-6-4-3-5-7-13/h3-10H,11H2,1-2H3,(H,21,22). The smallest absolute Gasteiger partial charge is 0.337 e. The van der Waals surface area contributed by atoms with Gasteiger partial charge in [0, 0.05) is 11.5 Å². The van der Waals surface area contributed by atoms with Gasteiger partial charge < -0.3 is 14.6 Å². The van der Waals surface area contributed by atoms with E-state index in [1.165, 1.54) is 0 Å². The van der Waals surface area contributed by atoms with Crippen molar-refractivity contribution in [3.63, 3.8) is 0 Å². The Morgan fingerprint density at radius 2 is 1.88 bits per heavy atom. The first-order valence-electron chi connectivity index (χ1n) is 7.48. The molecule has 1 aromatic heterocycles. The van der Waals surface area contributed by atoms with Gasteiger partial charge in [-0.3, -0.25) is 4.98 Å². The second-order valence-electron chi connectivity index (χ2n) is 5.40. The predicted molar refractivity (Wildman–Crippen MR) is 90.8 cm³/mol. The average Bonchev–Trinajstić information content (AvgIpc) is 2.59. The minimum Gasteiger partial charge on any atom is -0.493 e. The van der Waals surface area contributed by atoms with E-state index in [-0.39, 0.29) is 5.56 Å².